The van der Waals surface area contributed by atoms with Crippen LogP contribution in [0.3, 0.4) is 0 Å². The van der Waals surface area contributed by atoms with Gasteiger partial charge in [0, 0.05) is 17.7 Å². The van der Waals surface area contributed by atoms with Gasteiger partial charge in [-0.3, -0.25) is 9.59 Å². The third-order valence-electron chi connectivity index (χ3n) is 3.68. The zero-order valence-electron chi connectivity index (χ0n) is 14.5. The Morgan fingerprint density at radius 1 is 1.11 bits per heavy atom. The van der Waals surface area contributed by atoms with Gasteiger partial charge in [0.25, 0.3) is 0 Å². The second-order valence-corrected chi connectivity index (χ2v) is 6.52. The Labute approximate surface area is 159 Å². The number of benzene rings is 2. The predicted octanol–water partition coefficient (Wildman–Crippen LogP) is 2.69. The Bertz CT molecular complexity index is 938. The fourth-order valence-corrected chi connectivity index (χ4v) is 3.01. The van der Waals surface area contributed by atoms with E-state index in [2.05, 4.69) is 20.8 Å². The van der Waals surface area contributed by atoms with Gasteiger partial charge in [-0.05, 0) is 59.0 Å². The fourth-order valence-electron chi connectivity index (χ4n) is 2.23. The number of carbonyl (C=O) groups is 2. The third-order valence-corrected chi connectivity index (χ3v) is 4.60. The molecule has 0 spiro atoms. The Hall–Kier alpha value is -3.20. The maximum atomic E-state index is 12.4. The average molecular weight is 383 g/mol. The summed E-state index contributed by atoms with van der Waals surface area (Å²) in [5.74, 6) is 0.160. The van der Waals surface area contributed by atoms with E-state index in [-0.39, 0.29) is 23.2 Å². The number of aromatic hydroxyl groups is 1. The van der Waals surface area contributed by atoms with Crippen LogP contribution in [-0.2, 0) is 4.79 Å². The second kappa shape index (κ2) is 8.45. The lowest BCUT2D eigenvalue weighted by Gasteiger charge is -2.06. The molecule has 0 radical (unpaired) electrons. The van der Waals surface area contributed by atoms with Crippen molar-refractivity contribution in [2.45, 2.75) is 18.5 Å². The minimum absolute atomic E-state index is 0.0753. The summed E-state index contributed by atoms with van der Waals surface area (Å²) in [5, 5.41) is 24.1. The zero-order chi connectivity index (χ0) is 19.2. The Morgan fingerprint density at radius 3 is 2.48 bits per heavy atom. The van der Waals surface area contributed by atoms with Gasteiger partial charge in [-0.2, -0.15) is 4.68 Å². The van der Waals surface area contributed by atoms with Crippen molar-refractivity contribution >= 4 is 29.1 Å². The van der Waals surface area contributed by atoms with Crippen molar-refractivity contribution in [3.63, 3.8) is 0 Å². The number of nitrogens with zero attached hydrogens (tertiary/aromatic N) is 4. The number of aromatic nitrogens is 4. The number of hydrogen-bond acceptors (Lipinski definition) is 7. The largest absolute Gasteiger partial charge is 0.508 e. The molecule has 8 nitrogen and oxygen atoms in total. The van der Waals surface area contributed by atoms with Crippen molar-refractivity contribution in [3.8, 4) is 11.4 Å². The van der Waals surface area contributed by atoms with Gasteiger partial charge < -0.3 is 10.4 Å². The van der Waals surface area contributed by atoms with Gasteiger partial charge in [-0.25, -0.2) is 0 Å². The molecule has 0 aliphatic carbocycles. The van der Waals surface area contributed by atoms with E-state index in [1.54, 1.807) is 43.3 Å². The van der Waals surface area contributed by atoms with Crippen LogP contribution in [0.2, 0.25) is 0 Å². The van der Waals surface area contributed by atoms with Crippen molar-refractivity contribution in [2.75, 3.05) is 11.1 Å². The molecule has 9 heteroatoms. The van der Waals surface area contributed by atoms with Crippen LogP contribution in [0.1, 0.15) is 23.7 Å². The third kappa shape index (κ3) is 4.70. The lowest BCUT2D eigenvalue weighted by Crippen LogP contribution is -2.10. The van der Waals surface area contributed by atoms with Crippen LogP contribution in [0, 0.1) is 0 Å². The maximum absolute atomic E-state index is 12.4. The van der Waals surface area contributed by atoms with E-state index in [1.165, 1.54) is 28.6 Å². The van der Waals surface area contributed by atoms with Crippen LogP contribution in [-0.4, -0.2) is 42.8 Å². The standard InChI is InChI=1S/C18H17N5O3S/c1-2-17(26)19-13-5-3-12(4-6-13)16(25)11-27-18-20-21-22-23(18)14-7-9-15(24)10-8-14/h3-10,24H,2,11H2,1H3,(H,19,26). The first kappa shape index (κ1) is 18.6. The summed E-state index contributed by atoms with van der Waals surface area (Å²) in [6.45, 7) is 1.77. The molecule has 27 heavy (non-hydrogen) atoms. The van der Waals surface area contributed by atoms with E-state index in [0.29, 0.717) is 28.5 Å². The summed E-state index contributed by atoms with van der Waals surface area (Å²) in [5.41, 5.74) is 1.88. The molecular weight excluding hydrogens is 366 g/mol. The zero-order valence-corrected chi connectivity index (χ0v) is 15.3. The molecule has 2 N–H and O–H groups in total. The smallest absolute Gasteiger partial charge is 0.224 e. The van der Waals surface area contributed by atoms with Gasteiger partial charge >= 0.3 is 0 Å². The molecule has 3 rings (SSSR count). The van der Waals surface area contributed by atoms with Crippen molar-refractivity contribution in [3.05, 3.63) is 54.1 Å². The molecule has 0 saturated heterocycles. The molecule has 0 saturated carbocycles. The number of anilines is 1. The van der Waals surface area contributed by atoms with Crippen molar-refractivity contribution < 1.29 is 14.7 Å². The molecule has 138 valence electrons. The lowest BCUT2D eigenvalue weighted by molar-refractivity contribution is -0.115. The molecule has 1 aromatic heterocycles. The molecule has 0 aliphatic rings. The SMILES string of the molecule is CCC(=O)Nc1ccc(C(=O)CSc2nnnn2-c2ccc(O)cc2)cc1. The number of hydrogen-bond donors (Lipinski definition) is 2. The highest BCUT2D eigenvalue weighted by Crippen LogP contribution is 2.21. The van der Waals surface area contributed by atoms with Gasteiger partial charge in [0.2, 0.25) is 11.1 Å². The van der Waals surface area contributed by atoms with Gasteiger partial charge in [0.05, 0.1) is 11.4 Å². The second-order valence-electron chi connectivity index (χ2n) is 5.58. The van der Waals surface area contributed by atoms with E-state index in [1.807, 2.05) is 0 Å². The van der Waals surface area contributed by atoms with E-state index in [0.717, 1.165) is 0 Å². The Kier molecular flexibility index (Phi) is 5.82. The van der Waals surface area contributed by atoms with Gasteiger partial charge in [0.15, 0.2) is 5.78 Å². The number of nitrogens with one attached hydrogen (secondary N) is 1. The van der Waals surface area contributed by atoms with Gasteiger partial charge in [-0.15, -0.1) is 5.10 Å². The summed E-state index contributed by atoms with van der Waals surface area (Å²) in [6.07, 6.45) is 0.396. The molecule has 1 amide bonds. The van der Waals surface area contributed by atoms with Crippen LogP contribution in [0.4, 0.5) is 5.69 Å². The van der Waals surface area contributed by atoms with Crippen LogP contribution < -0.4 is 5.32 Å². The highest BCUT2D eigenvalue weighted by Gasteiger charge is 2.13. The van der Waals surface area contributed by atoms with E-state index < -0.39 is 0 Å². The summed E-state index contributed by atoms with van der Waals surface area (Å²) in [6, 6.07) is 13.2. The van der Waals surface area contributed by atoms with Crippen molar-refractivity contribution in [2.24, 2.45) is 0 Å². The van der Waals surface area contributed by atoms with E-state index in [9.17, 15) is 14.7 Å². The average Bonchev–Trinajstić information content (AvgIpc) is 3.15. The quantitative estimate of drug-likeness (QED) is 0.477. The molecule has 3 aromatic rings. The molecule has 2 aromatic carbocycles. The molecular formula is C18H17N5O3S. The molecule has 0 unspecified atom stereocenters. The Balaban J connectivity index is 1.64. The van der Waals surface area contributed by atoms with Crippen LogP contribution in [0.15, 0.2) is 53.7 Å². The van der Waals surface area contributed by atoms with Gasteiger partial charge in [-0.1, -0.05) is 18.7 Å². The van der Waals surface area contributed by atoms with Crippen LogP contribution in [0.25, 0.3) is 5.69 Å². The first-order valence-corrected chi connectivity index (χ1v) is 9.19. The summed E-state index contributed by atoms with van der Waals surface area (Å²) in [7, 11) is 0. The number of tetrazole rings is 1. The first-order chi connectivity index (χ1) is 13.1. The highest BCUT2D eigenvalue weighted by molar-refractivity contribution is 7.99. The molecule has 0 aliphatic heterocycles. The number of thioether (sulfide) groups is 1. The van der Waals surface area contributed by atoms with E-state index >= 15 is 0 Å². The predicted molar refractivity (Wildman–Crippen MR) is 101 cm³/mol. The van der Waals surface area contributed by atoms with Gasteiger partial charge in [0.1, 0.15) is 5.75 Å². The number of carbonyl (C=O) groups excluding carboxylic acids is 2. The first-order valence-electron chi connectivity index (χ1n) is 8.20. The number of ketones is 1. The number of Topliss-reactive ketones (excluding diaryl/α,β-unsaturated/α-hetero) is 1. The summed E-state index contributed by atoms with van der Waals surface area (Å²) >= 11 is 1.22. The van der Waals surface area contributed by atoms with Crippen molar-refractivity contribution in [1.82, 2.24) is 20.2 Å². The minimum Gasteiger partial charge on any atom is -0.508 e. The topological polar surface area (TPSA) is 110 Å². The highest BCUT2D eigenvalue weighted by atomic mass is 32.2. The molecule has 0 bridgehead atoms. The fraction of sp³-hybridized carbons (Fsp3) is 0.167. The minimum atomic E-state index is -0.0781. The lowest BCUT2D eigenvalue weighted by atomic mass is 10.1. The maximum Gasteiger partial charge on any atom is 0.224 e. The van der Waals surface area contributed by atoms with Crippen LogP contribution >= 0.6 is 11.8 Å². The number of amides is 1. The summed E-state index contributed by atoms with van der Waals surface area (Å²) in [4.78, 5) is 23.8. The molecule has 0 fully saturated rings. The normalized spacial score (nSPS) is 10.6. The Morgan fingerprint density at radius 2 is 1.81 bits per heavy atom. The van der Waals surface area contributed by atoms with Crippen LogP contribution in [0.5, 0.6) is 5.75 Å². The van der Waals surface area contributed by atoms with Crippen molar-refractivity contribution in [1.29, 1.82) is 0 Å². The number of rotatable bonds is 7. The monoisotopic (exact) mass is 383 g/mol. The molecule has 0 atom stereocenters. The molecule has 1 heterocycles. The summed E-state index contributed by atoms with van der Waals surface area (Å²) < 4.78 is 1.50. The number of phenols is 1. The number of phenolic OH excluding ortho intramolecular Hbond substituents is 1. The van der Waals surface area contributed by atoms with E-state index in [4.69, 9.17) is 0 Å².